The van der Waals surface area contributed by atoms with Crippen LogP contribution in [-0.2, 0) is 11.2 Å². The Bertz CT molecular complexity index is 305. The number of benzene rings is 1. The maximum atomic E-state index is 11.1. The van der Waals surface area contributed by atoms with Gasteiger partial charge >= 0.3 is 0 Å². The van der Waals surface area contributed by atoms with E-state index < -0.39 is 0 Å². The van der Waals surface area contributed by atoms with Gasteiger partial charge in [0.05, 0.1) is 0 Å². The molecule has 1 amide bonds. The van der Waals surface area contributed by atoms with Crippen molar-refractivity contribution in [3.8, 4) is 0 Å². The van der Waals surface area contributed by atoms with E-state index in [1.807, 2.05) is 18.2 Å². The number of rotatable bonds is 4. The van der Waals surface area contributed by atoms with Crippen LogP contribution >= 0.6 is 0 Å². The second kappa shape index (κ2) is 5.22. The van der Waals surface area contributed by atoms with Gasteiger partial charge in [0.25, 0.3) is 0 Å². The van der Waals surface area contributed by atoms with Crippen LogP contribution in [-0.4, -0.2) is 24.4 Å². The standard InChI is InChI=1S/C12H15NO/c1-3-12(14)13(2)10-9-11-7-5-4-6-8-11/h3-8H,1,9-10H2,2H3. The van der Waals surface area contributed by atoms with Crippen LogP contribution in [0.1, 0.15) is 5.56 Å². The van der Waals surface area contributed by atoms with Crippen LogP contribution in [0.2, 0.25) is 0 Å². The number of likely N-dealkylation sites (N-methyl/N-ethyl adjacent to an activating group) is 1. The van der Waals surface area contributed by atoms with Crippen molar-refractivity contribution < 1.29 is 4.79 Å². The smallest absolute Gasteiger partial charge is 0.245 e. The molecule has 0 atom stereocenters. The highest BCUT2D eigenvalue weighted by Crippen LogP contribution is 2.00. The van der Waals surface area contributed by atoms with Gasteiger partial charge in [0.1, 0.15) is 0 Å². The molecule has 74 valence electrons. The largest absolute Gasteiger partial charge is 0.342 e. The zero-order valence-electron chi connectivity index (χ0n) is 8.44. The summed E-state index contributed by atoms with van der Waals surface area (Å²) >= 11 is 0. The molecular formula is C12H15NO. The molecule has 0 fully saturated rings. The van der Waals surface area contributed by atoms with Crippen molar-refractivity contribution >= 4 is 5.91 Å². The third kappa shape index (κ3) is 3.05. The third-order valence-electron chi connectivity index (χ3n) is 2.13. The molecule has 0 N–H and O–H groups in total. The van der Waals surface area contributed by atoms with Gasteiger partial charge in [0.2, 0.25) is 5.91 Å². The fourth-order valence-electron chi connectivity index (χ4n) is 1.21. The normalized spacial score (nSPS) is 9.50. The Morgan fingerprint density at radius 2 is 2.07 bits per heavy atom. The number of hydrogen-bond donors (Lipinski definition) is 0. The molecule has 0 aliphatic heterocycles. The van der Waals surface area contributed by atoms with Gasteiger partial charge in [-0.25, -0.2) is 0 Å². The molecule has 0 saturated heterocycles. The molecular weight excluding hydrogens is 174 g/mol. The molecule has 1 aromatic rings. The minimum atomic E-state index is -0.0269. The van der Waals surface area contributed by atoms with E-state index in [0.29, 0.717) is 0 Å². The van der Waals surface area contributed by atoms with E-state index in [2.05, 4.69) is 18.7 Å². The highest BCUT2D eigenvalue weighted by atomic mass is 16.2. The van der Waals surface area contributed by atoms with Crippen LogP contribution in [0, 0.1) is 0 Å². The predicted octanol–water partition coefficient (Wildman–Crippen LogP) is 1.87. The molecule has 2 heteroatoms. The van der Waals surface area contributed by atoms with E-state index >= 15 is 0 Å². The molecule has 0 aromatic heterocycles. The average molecular weight is 189 g/mol. The molecule has 0 radical (unpaired) electrons. The van der Waals surface area contributed by atoms with Gasteiger partial charge in [-0.2, -0.15) is 0 Å². The van der Waals surface area contributed by atoms with Crippen LogP contribution in [0.15, 0.2) is 43.0 Å². The van der Waals surface area contributed by atoms with Gasteiger partial charge in [-0.05, 0) is 18.1 Å². The first kappa shape index (κ1) is 10.5. The minimum Gasteiger partial charge on any atom is -0.342 e. The average Bonchev–Trinajstić information content (AvgIpc) is 2.26. The van der Waals surface area contributed by atoms with E-state index in [9.17, 15) is 4.79 Å². The maximum absolute atomic E-state index is 11.1. The van der Waals surface area contributed by atoms with Crippen LogP contribution < -0.4 is 0 Å². The van der Waals surface area contributed by atoms with Crippen molar-refractivity contribution in [1.29, 1.82) is 0 Å². The van der Waals surface area contributed by atoms with E-state index in [-0.39, 0.29) is 5.91 Å². The molecule has 0 aliphatic carbocycles. The fraction of sp³-hybridized carbons (Fsp3) is 0.250. The lowest BCUT2D eigenvalue weighted by Crippen LogP contribution is -2.26. The third-order valence-corrected chi connectivity index (χ3v) is 2.13. The molecule has 1 aromatic carbocycles. The summed E-state index contributed by atoms with van der Waals surface area (Å²) < 4.78 is 0. The van der Waals surface area contributed by atoms with Gasteiger partial charge in [-0.15, -0.1) is 0 Å². The van der Waals surface area contributed by atoms with Gasteiger partial charge in [0.15, 0.2) is 0 Å². The molecule has 1 rings (SSSR count). The Labute approximate surface area is 84.9 Å². The van der Waals surface area contributed by atoms with Crippen molar-refractivity contribution in [2.75, 3.05) is 13.6 Å². The van der Waals surface area contributed by atoms with Crippen molar-refractivity contribution in [3.63, 3.8) is 0 Å². The van der Waals surface area contributed by atoms with E-state index in [1.54, 1.807) is 11.9 Å². The molecule has 0 unspecified atom stereocenters. The Hall–Kier alpha value is -1.57. The van der Waals surface area contributed by atoms with E-state index in [4.69, 9.17) is 0 Å². The van der Waals surface area contributed by atoms with Crippen LogP contribution in [0.25, 0.3) is 0 Å². The lowest BCUT2D eigenvalue weighted by Gasteiger charge is -2.14. The van der Waals surface area contributed by atoms with Crippen LogP contribution in [0.4, 0.5) is 0 Å². The molecule has 2 nitrogen and oxygen atoms in total. The number of carbonyl (C=O) groups is 1. The summed E-state index contributed by atoms with van der Waals surface area (Å²) in [5, 5.41) is 0. The van der Waals surface area contributed by atoms with E-state index in [0.717, 1.165) is 13.0 Å². The van der Waals surface area contributed by atoms with Gasteiger partial charge < -0.3 is 4.90 Å². The number of amides is 1. The first-order valence-electron chi connectivity index (χ1n) is 4.65. The second-order valence-corrected chi connectivity index (χ2v) is 3.20. The molecule has 0 heterocycles. The lowest BCUT2D eigenvalue weighted by molar-refractivity contribution is -0.124. The second-order valence-electron chi connectivity index (χ2n) is 3.20. The number of nitrogens with zero attached hydrogens (tertiary/aromatic N) is 1. The van der Waals surface area contributed by atoms with Crippen molar-refractivity contribution in [1.82, 2.24) is 4.90 Å². The first-order chi connectivity index (χ1) is 6.74. The predicted molar refractivity (Wildman–Crippen MR) is 58.0 cm³/mol. The molecule has 0 saturated carbocycles. The monoisotopic (exact) mass is 189 g/mol. The Morgan fingerprint density at radius 1 is 1.43 bits per heavy atom. The quantitative estimate of drug-likeness (QED) is 0.662. The summed E-state index contributed by atoms with van der Waals surface area (Å²) in [4.78, 5) is 12.8. The minimum absolute atomic E-state index is 0.0269. The molecule has 0 aliphatic rings. The topological polar surface area (TPSA) is 20.3 Å². The maximum Gasteiger partial charge on any atom is 0.245 e. The van der Waals surface area contributed by atoms with Gasteiger partial charge in [0, 0.05) is 13.6 Å². The van der Waals surface area contributed by atoms with Crippen molar-refractivity contribution in [2.45, 2.75) is 6.42 Å². The van der Waals surface area contributed by atoms with Crippen LogP contribution in [0.5, 0.6) is 0 Å². The Morgan fingerprint density at radius 3 is 2.64 bits per heavy atom. The Balaban J connectivity index is 2.41. The lowest BCUT2D eigenvalue weighted by atomic mass is 10.1. The number of hydrogen-bond acceptors (Lipinski definition) is 1. The van der Waals surface area contributed by atoms with Crippen molar-refractivity contribution in [3.05, 3.63) is 48.6 Å². The summed E-state index contributed by atoms with van der Waals surface area (Å²) in [5.74, 6) is -0.0269. The SMILES string of the molecule is C=CC(=O)N(C)CCc1ccccc1. The molecule has 0 bridgehead atoms. The first-order valence-corrected chi connectivity index (χ1v) is 4.65. The molecule has 0 spiro atoms. The summed E-state index contributed by atoms with van der Waals surface area (Å²) in [6.45, 7) is 4.18. The fourth-order valence-corrected chi connectivity index (χ4v) is 1.21. The Kier molecular flexibility index (Phi) is 3.92. The zero-order valence-corrected chi connectivity index (χ0v) is 8.44. The summed E-state index contributed by atoms with van der Waals surface area (Å²) in [6, 6.07) is 10.1. The summed E-state index contributed by atoms with van der Waals surface area (Å²) in [7, 11) is 1.78. The number of carbonyl (C=O) groups excluding carboxylic acids is 1. The van der Waals surface area contributed by atoms with Gasteiger partial charge in [-0.1, -0.05) is 36.9 Å². The zero-order chi connectivity index (χ0) is 10.4. The highest BCUT2D eigenvalue weighted by molar-refractivity contribution is 5.86. The van der Waals surface area contributed by atoms with E-state index in [1.165, 1.54) is 11.6 Å². The van der Waals surface area contributed by atoms with Crippen LogP contribution in [0.3, 0.4) is 0 Å². The summed E-state index contributed by atoms with van der Waals surface area (Å²) in [5.41, 5.74) is 1.25. The molecule has 14 heavy (non-hydrogen) atoms. The summed E-state index contributed by atoms with van der Waals surface area (Å²) in [6.07, 6.45) is 2.22. The van der Waals surface area contributed by atoms with Gasteiger partial charge in [-0.3, -0.25) is 4.79 Å². The van der Waals surface area contributed by atoms with Crippen molar-refractivity contribution in [2.24, 2.45) is 0 Å². The highest BCUT2D eigenvalue weighted by Gasteiger charge is 2.02.